The number of amides is 1. The molecular weight excluding hydrogens is 428 g/mol. The molecule has 33 heavy (non-hydrogen) atoms. The van der Waals surface area contributed by atoms with E-state index in [4.69, 9.17) is 0 Å². The van der Waals surface area contributed by atoms with E-state index in [1.165, 1.54) is 6.42 Å². The quantitative estimate of drug-likeness (QED) is 0.719. The zero-order chi connectivity index (χ0) is 22.8. The van der Waals surface area contributed by atoms with E-state index < -0.39 is 30.8 Å². The largest absolute Gasteiger partial charge is 0.347 e. The van der Waals surface area contributed by atoms with Crippen molar-refractivity contribution in [3.63, 3.8) is 0 Å². The average molecular weight is 456 g/mol. The van der Waals surface area contributed by atoms with E-state index in [1.54, 1.807) is 4.52 Å². The van der Waals surface area contributed by atoms with E-state index in [9.17, 15) is 18.8 Å². The van der Waals surface area contributed by atoms with Crippen molar-refractivity contribution in [1.29, 1.82) is 5.26 Å². The molecule has 1 saturated heterocycles. The molecule has 3 heterocycles. The van der Waals surface area contributed by atoms with Crippen LogP contribution < -0.4 is 10.6 Å². The smallest absolute Gasteiger partial charge is 0.268 e. The van der Waals surface area contributed by atoms with Gasteiger partial charge >= 0.3 is 0 Å². The summed E-state index contributed by atoms with van der Waals surface area (Å²) < 4.78 is 29.3. The highest BCUT2D eigenvalue weighted by atomic mass is 19.3. The lowest BCUT2D eigenvalue weighted by Gasteiger charge is -2.62. The van der Waals surface area contributed by atoms with Crippen LogP contribution in [0.1, 0.15) is 44.9 Å². The first kappa shape index (κ1) is 20.8. The summed E-state index contributed by atoms with van der Waals surface area (Å²) in [4.78, 5) is 18.5. The number of carbonyl (C=O) groups excluding carboxylic acids is 1. The maximum atomic E-state index is 13.8. The van der Waals surface area contributed by atoms with Crippen molar-refractivity contribution in [1.82, 2.24) is 24.8 Å². The summed E-state index contributed by atoms with van der Waals surface area (Å²) in [6.45, 7) is -0.689. The van der Waals surface area contributed by atoms with Crippen molar-refractivity contribution in [3.8, 4) is 6.07 Å². The van der Waals surface area contributed by atoms with Crippen LogP contribution in [0.3, 0.4) is 0 Å². The summed E-state index contributed by atoms with van der Waals surface area (Å²) in [5.41, 5.74) is 0.439. The third kappa shape index (κ3) is 3.62. The Morgan fingerprint density at radius 1 is 1.18 bits per heavy atom. The van der Waals surface area contributed by atoms with E-state index in [0.717, 1.165) is 42.7 Å². The van der Waals surface area contributed by atoms with Gasteiger partial charge in [-0.15, -0.1) is 5.10 Å². The van der Waals surface area contributed by atoms with Crippen molar-refractivity contribution >= 4 is 17.5 Å². The molecule has 1 amide bonds. The normalized spacial score (nSPS) is 36.3. The summed E-state index contributed by atoms with van der Waals surface area (Å²) in [6, 6.07) is 6.57. The summed E-state index contributed by atoms with van der Waals surface area (Å²) in [6.07, 6.45) is 7.38. The monoisotopic (exact) mass is 455 g/mol. The molecule has 2 unspecified atom stereocenters. The van der Waals surface area contributed by atoms with Crippen LogP contribution in [0.25, 0.3) is 5.65 Å². The summed E-state index contributed by atoms with van der Waals surface area (Å²) in [5, 5.41) is 20.9. The van der Waals surface area contributed by atoms with Crippen LogP contribution in [-0.4, -0.2) is 61.5 Å². The van der Waals surface area contributed by atoms with Gasteiger partial charge in [0, 0.05) is 23.7 Å². The maximum absolute atomic E-state index is 13.8. The van der Waals surface area contributed by atoms with Gasteiger partial charge in [0.25, 0.3) is 5.92 Å². The highest BCUT2D eigenvalue weighted by Gasteiger charge is 2.58. The molecule has 174 valence electrons. The highest BCUT2D eigenvalue weighted by Crippen LogP contribution is 2.58. The first-order valence-corrected chi connectivity index (χ1v) is 11.7. The summed E-state index contributed by atoms with van der Waals surface area (Å²) in [5.74, 6) is -1.71. The Balaban J connectivity index is 1.18. The third-order valence-corrected chi connectivity index (χ3v) is 8.03. The Labute approximate surface area is 190 Å². The van der Waals surface area contributed by atoms with E-state index >= 15 is 0 Å². The Kier molecular flexibility index (Phi) is 4.47. The number of pyridine rings is 1. The predicted molar refractivity (Wildman–Crippen MR) is 115 cm³/mol. The average Bonchev–Trinajstić information content (AvgIpc) is 3.29. The first-order valence-electron chi connectivity index (χ1n) is 11.7. The van der Waals surface area contributed by atoms with Crippen molar-refractivity contribution in [2.45, 2.75) is 68.0 Å². The lowest BCUT2D eigenvalue weighted by Crippen LogP contribution is -2.67. The second kappa shape index (κ2) is 7.10. The molecule has 0 spiro atoms. The molecule has 0 aromatic carbocycles. The van der Waals surface area contributed by atoms with Gasteiger partial charge in [0.05, 0.1) is 19.2 Å². The molecule has 10 heteroatoms. The molecule has 1 aliphatic heterocycles. The number of nitrogens with one attached hydrogen (secondary N) is 2. The Hall–Kier alpha value is -2.80. The highest BCUT2D eigenvalue weighted by molar-refractivity contribution is 5.79. The third-order valence-electron chi connectivity index (χ3n) is 8.03. The number of hydrogen-bond donors (Lipinski definition) is 2. The number of fused-ring (bicyclic) bond motifs is 1. The van der Waals surface area contributed by atoms with Gasteiger partial charge in [-0.1, -0.05) is 6.07 Å². The van der Waals surface area contributed by atoms with Crippen LogP contribution in [0.4, 0.5) is 14.7 Å². The number of carbonyl (C=O) groups is 1. The standard InChI is InChI=1S/C23H27F2N7O/c24-23(25)10-17(11-26)31(14-23)19(33)12-27-21-6-15-5-16(7-21)9-22(8-15,13-21)29-20-28-18-3-1-2-4-32(18)30-20/h1-4,15-17,27H,5-10,12-14H2,(H,29,30)/t15?,16?,17-,21?,22?/m0/s1. The molecule has 4 aliphatic carbocycles. The Bertz CT molecular complexity index is 1090. The molecule has 5 fully saturated rings. The van der Waals surface area contributed by atoms with Gasteiger partial charge in [0.15, 0.2) is 5.65 Å². The molecule has 2 aromatic rings. The number of nitriles is 1. The maximum Gasteiger partial charge on any atom is 0.268 e. The van der Waals surface area contributed by atoms with Gasteiger partial charge in [0.2, 0.25) is 11.9 Å². The molecule has 3 atom stereocenters. The van der Waals surface area contributed by atoms with Crippen LogP contribution in [0, 0.1) is 23.2 Å². The Morgan fingerprint density at radius 2 is 1.94 bits per heavy atom. The summed E-state index contributed by atoms with van der Waals surface area (Å²) in [7, 11) is 0. The minimum absolute atomic E-state index is 0.0175. The van der Waals surface area contributed by atoms with Gasteiger partial charge in [0.1, 0.15) is 6.04 Å². The lowest BCUT2D eigenvalue weighted by molar-refractivity contribution is -0.132. The van der Waals surface area contributed by atoms with E-state index in [1.807, 2.05) is 30.5 Å². The number of aromatic nitrogens is 3. The zero-order valence-electron chi connectivity index (χ0n) is 18.3. The van der Waals surface area contributed by atoms with Crippen LogP contribution in [-0.2, 0) is 4.79 Å². The van der Waals surface area contributed by atoms with Gasteiger partial charge in [-0.25, -0.2) is 13.3 Å². The lowest BCUT2D eigenvalue weighted by atomic mass is 9.50. The Morgan fingerprint density at radius 3 is 2.67 bits per heavy atom. The van der Waals surface area contributed by atoms with Crippen LogP contribution in [0.2, 0.25) is 0 Å². The molecule has 4 saturated carbocycles. The van der Waals surface area contributed by atoms with Crippen molar-refractivity contribution in [2.24, 2.45) is 11.8 Å². The molecule has 2 aromatic heterocycles. The fourth-order valence-corrected chi connectivity index (χ4v) is 7.30. The number of likely N-dealkylation sites (tertiary alicyclic amines) is 1. The molecule has 0 radical (unpaired) electrons. The predicted octanol–water partition coefficient (Wildman–Crippen LogP) is 2.58. The first-order chi connectivity index (χ1) is 15.8. The van der Waals surface area contributed by atoms with Crippen LogP contribution >= 0.6 is 0 Å². The van der Waals surface area contributed by atoms with Crippen molar-refractivity contribution < 1.29 is 13.6 Å². The minimum atomic E-state index is -2.99. The van der Waals surface area contributed by atoms with Gasteiger partial charge < -0.3 is 15.5 Å². The van der Waals surface area contributed by atoms with Gasteiger partial charge in [-0.05, 0) is 62.5 Å². The number of alkyl halides is 2. The molecule has 4 bridgehead atoms. The van der Waals surface area contributed by atoms with Crippen LogP contribution in [0.5, 0.6) is 0 Å². The zero-order valence-corrected chi connectivity index (χ0v) is 18.3. The fourth-order valence-electron chi connectivity index (χ4n) is 7.30. The van der Waals surface area contributed by atoms with E-state index in [2.05, 4.69) is 20.7 Å². The number of hydrogen-bond acceptors (Lipinski definition) is 6. The minimum Gasteiger partial charge on any atom is -0.347 e. The van der Waals surface area contributed by atoms with Gasteiger partial charge in [-0.3, -0.25) is 4.79 Å². The second-order valence-electron chi connectivity index (χ2n) is 10.7. The fraction of sp³-hybridized carbons (Fsp3) is 0.652. The van der Waals surface area contributed by atoms with E-state index in [0.29, 0.717) is 17.8 Å². The number of rotatable bonds is 5. The SMILES string of the molecule is N#C[C@@H]1CC(F)(F)CN1C(=O)CNC12CC3CC(C1)CC(Nc1nc4ccccn4n1)(C3)C2. The van der Waals surface area contributed by atoms with Crippen molar-refractivity contribution in [3.05, 3.63) is 24.4 Å². The van der Waals surface area contributed by atoms with Crippen LogP contribution in [0.15, 0.2) is 24.4 Å². The molecule has 2 N–H and O–H groups in total. The second-order valence-corrected chi connectivity index (χ2v) is 10.7. The molecule has 8 nitrogen and oxygen atoms in total. The number of anilines is 1. The molecule has 5 aliphatic rings. The van der Waals surface area contributed by atoms with Crippen molar-refractivity contribution in [2.75, 3.05) is 18.4 Å². The molecular formula is C23H27F2N7O. The topological polar surface area (TPSA) is 98.3 Å². The number of nitrogens with zero attached hydrogens (tertiary/aromatic N) is 5. The van der Waals surface area contributed by atoms with Gasteiger partial charge in [-0.2, -0.15) is 10.2 Å². The van der Waals surface area contributed by atoms with E-state index in [-0.39, 0.29) is 17.6 Å². The number of halogens is 2. The summed E-state index contributed by atoms with van der Waals surface area (Å²) >= 11 is 0. The molecule has 7 rings (SSSR count).